The van der Waals surface area contributed by atoms with Crippen LogP contribution in [-0.2, 0) is 57.5 Å². The molecule has 1 saturated heterocycles. The molecule has 11 amide bonds. The van der Waals surface area contributed by atoms with Crippen LogP contribution in [0.4, 0.5) is 4.79 Å². The number of imidazole rings is 1. The molecule has 1 fully saturated rings. The second-order valence-electron chi connectivity index (χ2n) is 27.5. The minimum absolute atomic E-state index is 0.0307. The molecule has 2 unspecified atom stereocenters. The minimum atomic E-state index is -1.73. The number of rotatable bonds is 17. The van der Waals surface area contributed by atoms with Gasteiger partial charge in [0.2, 0.25) is 65.0 Å². The first-order chi connectivity index (χ1) is 43.1. The number of nitrogens with one attached hydrogen (secondary N) is 4. The Kier molecular flexibility index (Phi) is 32.9. The summed E-state index contributed by atoms with van der Waals surface area (Å²) in [6.45, 7) is 27.0. The number of carbonyl (C=O) groups is 12. The summed E-state index contributed by atoms with van der Waals surface area (Å²) in [7, 11) is 9.75. The normalized spacial score (nSPS) is 25.5. The fourth-order valence-electron chi connectivity index (χ4n) is 11.3. The molecule has 0 aliphatic carbocycles. The summed E-state index contributed by atoms with van der Waals surface area (Å²) in [4.78, 5) is 186. The quantitative estimate of drug-likeness (QED) is 0.140. The maximum atomic E-state index is 15.3. The van der Waals surface area contributed by atoms with Gasteiger partial charge in [0.05, 0.1) is 12.6 Å². The SMILES string of the molecule is CC[C@@H]1NC(=O)C([C@H](O)[C@H](C)C/C=C/COC(=O)n2ccnc2)N(C)C(=O)[C@H](C(C)C)N(C)C(=O)[C@H](CC(C)C)N(C)C(=O)[C@@H](CC(C)C)N(C)C(=O)[C@@H](C)NC(=O)[C@H](C)NC(=O)[C@H](CC(C)C)N(C)C(=O)[C@H](C(C)C)NC(=O)C(CC(C)C)N(C)C(=O)CN(C)C1=O. The molecule has 2 rings (SSSR count). The standard InChI is InChI=1S/C66H113N13O14/c1-24-46-61(87)72(17)35-51(80)73(18)47(31-37(2)3)58(84)71-52(41(10)11)64(90)74(19)48(32-38(4)5)57(83)68-44(15)56(82)69-45(16)60(86)75(20)49(33-39(6)7)62(88)76(21)50(34-40(8)9)63(89)77(22)53(42(12)13)65(91)78(23)54(59(85)70-46)55(81)43(14)27-25-26-30-93-66(92)79-29-28-67-36-79/h25-26,28-29,36-50,52-55,81H,24,27,30-35H2,1-23H3,(H,68,83)(H,69,82)(H,70,85)(H,71,84)/b26-25+/t43-,44+,45-,46+,47?,48+,49-,50+,52+,53+,54?,55-/m1/s1. The molecule has 0 bridgehead atoms. The first kappa shape index (κ1) is 81.6. The lowest BCUT2D eigenvalue weighted by molar-refractivity contribution is -0.157. The van der Waals surface area contributed by atoms with Gasteiger partial charge >= 0.3 is 6.09 Å². The molecule has 1 aromatic rings. The number of aliphatic hydroxyl groups is 1. The third-order valence-corrected chi connectivity index (χ3v) is 17.0. The van der Waals surface area contributed by atoms with Crippen molar-refractivity contribution in [1.82, 2.24) is 65.1 Å². The highest BCUT2D eigenvalue weighted by molar-refractivity contribution is 5.99. The van der Waals surface area contributed by atoms with Gasteiger partial charge in [-0.3, -0.25) is 52.7 Å². The predicted molar refractivity (Wildman–Crippen MR) is 352 cm³/mol. The van der Waals surface area contributed by atoms with E-state index in [4.69, 9.17) is 4.74 Å². The molecular weight excluding hydrogens is 1200 g/mol. The summed E-state index contributed by atoms with van der Waals surface area (Å²) in [5.74, 6) is -10.5. The second-order valence-corrected chi connectivity index (χ2v) is 27.5. The number of hydrogen-bond acceptors (Lipinski definition) is 15. The Bertz CT molecular complexity index is 2740. The fraction of sp³-hybridized carbons (Fsp3) is 0.742. The third-order valence-electron chi connectivity index (χ3n) is 17.0. The molecule has 0 radical (unpaired) electrons. The Hall–Kier alpha value is -7.45. The molecule has 12 atom stereocenters. The average molecular weight is 1310 g/mol. The molecule has 27 heteroatoms. The summed E-state index contributed by atoms with van der Waals surface area (Å²) in [6, 6.07) is -12.8. The molecule has 93 heavy (non-hydrogen) atoms. The Morgan fingerprint density at radius 1 is 0.538 bits per heavy atom. The van der Waals surface area contributed by atoms with Crippen LogP contribution in [0.5, 0.6) is 0 Å². The highest BCUT2D eigenvalue weighted by atomic mass is 16.5. The van der Waals surface area contributed by atoms with Gasteiger partial charge in [0.15, 0.2) is 0 Å². The molecule has 5 N–H and O–H groups in total. The number of aromatic nitrogens is 2. The molecule has 0 aromatic carbocycles. The van der Waals surface area contributed by atoms with Crippen molar-refractivity contribution in [2.45, 2.75) is 216 Å². The number of amides is 11. The first-order valence-corrected chi connectivity index (χ1v) is 32.7. The van der Waals surface area contributed by atoms with Crippen LogP contribution in [0.15, 0.2) is 30.9 Å². The number of nitrogens with zero attached hydrogens (tertiary/aromatic N) is 9. The van der Waals surface area contributed by atoms with Gasteiger partial charge < -0.3 is 65.4 Å². The van der Waals surface area contributed by atoms with Crippen molar-refractivity contribution < 1.29 is 67.4 Å². The van der Waals surface area contributed by atoms with E-state index in [0.717, 1.165) is 14.4 Å². The van der Waals surface area contributed by atoms with Crippen LogP contribution in [0.25, 0.3) is 0 Å². The highest BCUT2D eigenvalue weighted by Gasteiger charge is 2.46. The van der Waals surface area contributed by atoms with E-state index in [0.29, 0.717) is 0 Å². The van der Waals surface area contributed by atoms with Crippen LogP contribution in [0.1, 0.15) is 149 Å². The van der Waals surface area contributed by atoms with Crippen molar-refractivity contribution in [2.24, 2.45) is 41.4 Å². The lowest BCUT2D eigenvalue weighted by Gasteiger charge is -2.41. The van der Waals surface area contributed by atoms with Crippen LogP contribution in [-0.4, -0.2) is 249 Å². The Morgan fingerprint density at radius 2 is 1.00 bits per heavy atom. The number of allylic oxidation sites excluding steroid dienone is 1. The molecule has 0 spiro atoms. The zero-order valence-electron chi connectivity index (χ0n) is 59.7. The van der Waals surface area contributed by atoms with Gasteiger partial charge in [0.25, 0.3) is 0 Å². The predicted octanol–water partition coefficient (Wildman–Crippen LogP) is 3.13. The molecule has 526 valence electrons. The number of ether oxygens (including phenoxy) is 1. The molecule has 1 aliphatic rings. The summed E-state index contributed by atoms with van der Waals surface area (Å²) in [5.41, 5.74) is 0. The van der Waals surface area contributed by atoms with E-state index in [9.17, 15) is 43.5 Å². The first-order valence-electron chi connectivity index (χ1n) is 32.7. The smallest absolute Gasteiger partial charge is 0.419 e. The topological polar surface area (TPSA) is 323 Å². The van der Waals surface area contributed by atoms with Crippen LogP contribution in [0, 0.1) is 41.4 Å². The molecule has 27 nitrogen and oxygen atoms in total. The van der Waals surface area contributed by atoms with Crippen molar-refractivity contribution in [3.05, 3.63) is 30.9 Å². The van der Waals surface area contributed by atoms with E-state index >= 15 is 19.2 Å². The second kappa shape index (κ2) is 37.4. The zero-order chi connectivity index (χ0) is 71.4. The van der Waals surface area contributed by atoms with Crippen molar-refractivity contribution in [2.75, 3.05) is 62.5 Å². The summed E-state index contributed by atoms with van der Waals surface area (Å²) in [5, 5.41) is 23.3. The Morgan fingerprint density at radius 3 is 1.48 bits per heavy atom. The zero-order valence-corrected chi connectivity index (χ0v) is 59.7. The van der Waals surface area contributed by atoms with Crippen molar-refractivity contribution in [1.29, 1.82) is 0 Å². The van der Waals surface area contributed by atoms with E-state index in [1.54, 1.807) is 53.7 Å². The molecule has 1 aliphatic heterocycles. The van der Waals surface area contributed by atoms with Gasteiger partial charge in [-0.05, 0) is 93.8 Å². The van der Waals surface area contributed by atoms with Crippen LogP contribution < -0.4 is 21.3 Å². The number of carbonyl (C=O) groups excluding carboxylic acids is 12. The minimum Gasteiger partial charge on any atom is -0.445 e. The van der Waals surface area contributed by atoms with Gasteiger partial charge in [-0.2, -0.15) is 0 Å². The lowest BCUT2D eigenvalue weighted by Crippen LogP contribution is -2.63. The molecule has 0 saturated carbocycles. The van der Waals surface area contributed by atoms with Crippen LogP contribution >= 0.6 is 0 Å². The van der Waals surface area contributed by atoms with Crippen molar-refractivity contribution >= 4 is 71.1 Å². The monoisotopic (exact) mass is 1310 g/mol. The fourth-order valence-corrected chi connectivity index (χ4v) is 11.3. The lowest BCUT2D eigenvalue weighted by atomic mass is 9.91. The molecule has 1 aromatic heterocycles. The van der Waals surface area contributed by atoms with E-state index < -0.39 is 162 Å². The van der Waals surface area contributed by atoms with Crippen molar-refractivity contribution in [3.8, 4) is 0 Å². The van der Waals surface area contributed by atoms with E-state index in [-0.39, 0.29) is 68.8 Å². The number of hydrogen-bond donors (Lipinski definition) is 5. The largest absolute Gasteiger partial charge is 0.445 e. The summed E-state index contributed by atoms with van der Waals surface area (Å²) < 4.78 is 6.42. The highest BCUT2D eigenvalue weighted by Crippen LogP contribution is 2.26. The van der Waals surface area contributed by atoms with Gasteiger partial charge in [0, 0.05) is 61.7 Å². The van der Waals surface area contributed by atoms with Gasteiger partial charge in [-0.15, -0.1) is 0 Å². The molecular formula is C66H113N13O14. The summed E-state index contributed by atoms with van der Waals surface area (Å²) in [6.07, 6.45) is 5.52. The Labute approximate surface area is 552 Å². The van der Waals surface area contributed by atoms with E-state index in [1.807, 2.05) is 55.4 Å². The number of likely N-dealkylation sites (N-methyl/N-ethyl adjacent to an activating group) is 7. The Balaban J connectivity index is 2.96. The van der Waals surface area contributed by atoms with Gasteiger partial charge in [-0.1, -0.05) is 109 Å². The maximum absolute atomic E-state index is 15.3. The van der Waals surface area contributed by atoms with Crippen LogP contribution in [0.3, 0.4) is 0 Å². The van der Waals surface area contributed by atoms with Gasteiger partial charge in [0.1, 0.15) is 73.4 Å². The van der Waals surface area contributed by atoms with E-state index in [1.165, 1.54) is 106 Å². The molecule has 2 heterocycles. The average Bonchev–Trinajstić information content (AvgIpc) is 1.09. The van der Waals surface area contributed by atoms with Crippen molar-refractivity contribution in [3.63, 3.8) is 0 Å². The number of aliphatic hydroxyl groups excluding tert-OH is 1. The summed E-state index contributed by atoms with van der Waals surface area (Å²) >= 11 is 0. The van der Waals surface area contributed by atoms with E-state index in [2.05, 4.69) is 26.3 Å². The maximum Gasteiger partial charge on any atom is 0.419 e. The third kappa shape index (κ3) is 23.2. The van der Waals surface area contributed by atoms with Gasteiger partial charge in [-0.25, -0.2) is 14.3 Å². The van der Waals surface area contributed by atoms with Crippen LogP contribution in [0.2, 0.25) is 0 Å².